The van der Waals surface area contributed by atoms with Crippen LogP contribution in [-0.2, 0) is 4.74 Å². The number of aromatic nitrogens is 5. The highest BCUT2D eigenvalue weighted by Crippen LogP contribution is 2.24. The normalized spacial score (nSPS) is 15.5. The number of hydrogen-bond acceptors (Lipinski definition) is 7. The lowest BCUT2D eigenvalue weighted by Crippen LogP contribution is -2.37. The Bertz CT molecular complexity index is 960. The third-order valence-corrected chi connectivity index (χ3v) is 5.23. The van der Waals surface area contributed by atoms with Gasteiger partial charge in [0.1, 0.15) is 23.0 Å². The maximum Gasteiger partial charge on any atom is 0.227 e. The Morgan fingerprint density at radius 3 is 2.64 bits per heavy atom. The van der Waals surface area contributed by atoms with Gasteiger partial charge in [-0.1, -0.05) is 0 Å². The van der Waals surface area contributed by atoms with Gasteiger partial charge in [0.15, 0.2) is 0 Å². The fourth-order valence-electron chi connectivity index (χ4n) is 3.83. The van der Waals surface area contributed by atoms with E-state index < -0.39 is 0 Å². The summed E-state index contributed by atoms with van der Waals surface area (Å²) in [6, 6.07) is 4.23. The average Bonchev–Trinajstić information content (AvgIpc) is 3.03. The van der Waals surface area contributed by atoms with Gasteiger partial charge in [0, 0.05) is 38.5 Å². The van der Waals surface area contributed by atoms with Gasteiger partial charge in [-0.2, -0.15) is 4.98 Å². The molecule has 0 spiro atoms. The van der Waals surface area contributed by atoms with Crippen molar-refractivity contribution in [3.8, 4) is 0 Å². The van der Waals surface area contributed by atoms with Gasteiger partial charge in [0.05, 0.1) is 17.8 Å². The Kier molecular flexibility index (Phi) is 5.13. The minimum absolute atomic E-state index is 0.334. The fourth-order valence-corrected chi connectivity index (χ4v) is 3.83. The first-order valence-electron chi connectivity index (χ1n) is 9.77. The molecular formula is C20H27N7O. The van der Waals surface area contributed by atoms with Gasteiger partial charge in [0.2, 0.25) is 5.95 Å². The molecule has 28 heavy (non-hydrogen) atoms. The highest BCUT2D eigenvalue weighted by molar-refractivity contribution is 5.79. The number of pyridine rings is 1. The van der Waals surface area contributed by atoms with E-state index in [-0.39, 0.29) is 0 Å². The summed E-state index contributed by atoms with van der Waals surface area (Å²) in [4.78, 5) is 20.4. The Balaban J connectivity index is 1.55. The number of anilines is 3. The molecule has 148 valence electrons. The molecule has 0 amide bonds. The maximum atomic E-state index is 5.45. The molecule has 0 radical (unpaired) electrons. The molecule has 8 heteroatoms. The minimum Gasteiger partial charge on any atom is -0.381 e. The molecule has 0 aromatic carbocycles. The molecule has 0 aliphatic carbocycles. The molecule has 8 nitrogen and oxygen atoms in total. The van der Waals surface area contributed by atoms with E-state index >= 15 is 0 Å². The van der Waals surface area contributed by atoms with Crippen molar-refractivity contribution in [3.63, 3.8) is 0 Å². The van der Waals surface area contributed by atoms with Crippen LogP contribution in [-0.4, -0.2) is 50.8 Å². The zero-order chi connectivity index (χ0) is 19.7. The smallest absolute Gasteiger partial charge is 0.227 e. The first kappa shape index (κ1) is 18.6. The third-order valence-electron chi connectivity index (χ3n) is 5.23. The molecule has 4 rings (SSSR count). The lowest BCUT2D eigenvalue weighted by atomic mass is 10.1. The van der Waals surface area contributed by atoms with Gasteiger partial charge in [-0.25, -0.2) is 15.0 Å². The molecule has 1 fully saturated rings. The molecule has 0 atom stereocenters. The minimum atomic E-state index is 0.334. The summed E-state index contributed by atoms with van der Waals surface area (Å²) in [5, 5.41) is 3.32. The monoisotopic (exact) mass is 381 g/mol. The number of imidazole rings is 1. The predicted molar refractivity (Wildman–Crippen MR) is 110 cm³/mol. The second-order valence-corrected chi connectivity index (χ2v) is 7.47. The van der Waals surface area contributed by atoms with Crippen molar-refractivity contribution in [2.45, 2.75) is 45.8 Å². The van der Waals surface area contributed by atoms with Gasteiger partial charge in [-0.3, -0.25) is 0 Å². The number of fused-ring (bicyclic) bond motifs is 1. The van der Waals surface area contributed by atoms with Crippen molar-refractivity contribution in [3.05, 3.63) is 30.4 Å². The molecule has 0 bridgehead atoms. The first-order valence-corrected chi connectivity index (χ1v) is 9.77. The molecule has 0 unspecified atom stereocenters. The van der Waals surface area contributed by atoms with Crippen LogP contribution >= 0.6 is 0 Å². The Morgan fingerprint density at radius 1 is 1.14 bits per heavy atom. The zero-order valence-electron chi connectivity index (χ0n) is 16.9. The number of hydrogen-bond donors (Lipinski definition) is 1. The lowest BCUT2D eigenvalue weighted by Gasteiger charge is -2.31. The number of piperidine rings is 1. The molecule has 1 saturated heterocycles. The summed E-state index contributed by atoms with van der Waals surface area (Å²) in [6.07, 6.45) is 5.92. The van der Waals surface area contributed by atoms with E-state index in [1.54, 1.807) is 19.5 Å². The van der Waals surface area contributed by atoms with Crippen molar-refractivity contribution in [1.82, 2.24) is 24.5 Å². The Morgan fingerprint density at radius 2 is 1.93 bits per heavy atom. The molecular weight excluding hydrogens is 354 g/mol. The van der Waals surface area contributed by atoms with Crippen molar-refractivity contribution < 1.29 is 4.74 Å². The number of ether oxygens (including phenoxy) is 1. The molecule has 1 aliphatic heterocycles. The van der Waals surface area contributed by atoms with Crippen LogP contribution in [0.2, 0.25) is 0 Å². The van der Waals surface area contributed by atoms with Gasteiger partial charge >= 0.3 is 0 Å². The second kappa shape index (κ2) is 7.71. The Hall–Kier alpha value is -2.74. The van der Waals surface area contributed by atoms with Crippen LogP contribution in [0.25, 0.3) is 11.0 Å². The second-order valence-electron chi connectivity index (χ2n) is 7.47. The number of aryl methyl sites for hydroxylation is 1. The molecule has 3 aromatic rings. The Labute approximate surface area is 165 Å². The van der Waals surface area contributed by atoms with Crippen molar-refractivity contribution >= 4 is 28.6 Å². The standard InChI is InChI=1S/C20H27N7O/c1-13(2)27-14(3)23-16-12-22-19(11-17(16)27)24-18-5-8-21-20(25-18)26-9-6-15(28-4)7-10-26/h5,8,11-13,15H,6-7,9-10H2,1-4H3,(H,21,22,24,25). The van der Waals surface area contributed by atoms with Gasteiger partial charge in [0.25, 0.3) is 0 Å². The van der Waals surface area contributed by atoms with Gasteiger partial charge < -0.3 is 19.5 Å². The van der Waals surface area contributed by atoms with Crippen LogP contribution in [0.5, 0.6) is 0 Å². The van der Waals surface area contributed by atoms with E-state index in [0.29, 0.717) is 12.1 Å². The highest BCUT2D eigenvalue weighted by atomic mass is 16.5. The topological polar surface area (TPSA) is 81.0 Å². The van der Waals surface area contributed by atoms with E-state index in [1.165, 1.54) is 0 Å². The number of nitrogens with one attached hydrogen (secondary N) is 1. The largest absolute Gasteiger partial charge is 0.381 e. The van der Waals surface area contributed by atoms with Crippen LogP contribution in [0, 0.1) is 6.92 Å². The predicted octanol–water partition coefficient (Wildman–Crippen LogP) is 3.47. The number of nitrogens with zero attached hydrogens (tertiary/aromatic N) is 6. The average molecular weight is 381 g/mol. The van der Waals surface area contributed by atoms with Crippen LogP contribution < -0.4 is 10.2 Å². The van der Waals surface area contributed by atoms with E-state index in [9.17, 15) is 0 Å². The van der Waals surface area contributed by atoms with Crippen molar-refractivity contribution in [2.75, 3.05) is 30.4 Å². The summed E-state index contributed by atoms with van der Waals surface area (Å²) in [5.74, 6) is 3.21. The summed E-state index contributed by atoms with van der Waals surface area (Å²) in [7, 11) is 1.78. The maximum absolute atomic E-state index is 5.45. The van der Waals surface area contributed by atoms with Crippen LogP contribution in [0.3, 0.4) is 0 Å². The summed E-state index contributed by atoms with van der Waals surface area (Å²) < 4.78 is 7.66. The zero-order valence-corrected chi connectivity index (χ0v) is 16.9. The van der Waals surface area contributed by atoms with Crippen LogP contribution in [0.1, 0.15) is 38.6 Å². The van der Waals surface area contributed by atoms with Crippen molar-refractivity contribution in [1.29, 1.82) is 0 Å². The highest BCUT2D eigenvalue weighted by Gasteiger charge is 2.20. The molecule has 3 aromatic heterocycles. The summed E-state index contributed by atoms with van der Waals surface area (Å²) in [5.41, 5.74) is 1.97. The number of methoxy groups -OCH3 is 1. The van der Waals surface area contributed by atoms with E-state index in [0.717, 1.165) is 60.4 Å². The molecule has 1 N–H and O–H groups in total. The number of rotatable bonds is 5. The molecule has 1 aliphatic rings. The van der Waals surface area contributed by atoms with Crippen LogP contribution in [0.15, 0.2) is 24.5 Å². The van der Waals surface area contributed by atoms with E-state index in [4.69, 9.17) is 4.74 Å². The van der Waals surface area contributed by atoms with Crippen molar-refractivity contribution in [2.24, 2.45) is 0 Å². The van der Waals surface area contributed by atoms with Gasteiger partial charge in [-0.05, 0) is 39.7 Å². The quantitative estimate of drug-likeness (QED) is 0.725. The first-order chi connectivity index (χ1) is 13.5. The SMILES string of the molecule is COC1CCN(c2nccc(Nc3cc4c(cn3)nc(C)n4C(C)C)n2)CC1. The van der Waals surface area contributed by atoms with Gasteiger partial charge in [-0.15, -0.1) is 0 Å². The van der Waals surface area contributed by atoms with Crippen LogP contribution in [0.4, 0.5) is 17.6 Å². The summed E-state index contributed by atoms with van der Waals surface area (Å²) in [6.45, 7) is 8.14. The third kappa shape index (κ3) is 3.64. The fraction of sp³-hybridized carbons (Fsp3) is 0.500. The van der Waals surface area contributed by atoms with E-state index in [1.807, 2.05) is 19.1 Å². The molecule has 4 heterocycles. The summed E-state index contributed by atoms with van der Waals surface area (Å²) >= 11 is 0. The van der Waals surface area contributed by atoms with E-state index in [2.05, 4.69) is 48.6 Å². The lowest BCUT2D eigenvalue weighted by molar-refractivity contribution is 0.0816. The molecule has 0 saturated carbocycles.